The Labute approximate surface area is 231 Å². The van der Waals surface area contributed by atoms with Gasteiger partial charge in [-0.05, 0) is 78.1 Å². The Kier molecular flexibility index (Phi) is 9.72. The van der Waals surface area contributed by atoms with E-state index in [1.54, 1.807) is 9.80 Å². The Morgan fingerprint density at radius 3 is 2.31 bits per heavy atom. The van der Waals surface area contributed by atoms with Gasteiger partial charge in [0.05, 0.1) is 19.2 Å². The highest BCUT2D eigenvalue weighted by Crippen LogP contribution is 2.27. The monoisotopic (exact) mass is 539 g/mol. The van der Waals surface area contributed by atoms with Gasteiger partial charge in [-0.15, -0.1) is 0 Å². The van der Waals surface area contributed by atoms with E-state index < -0.39 is 23.4 Å². The molecule has 2 atom stereocenters. The van der Waals surface area contributed by atoms with Crippen LogP contribution in [0.4, 0.5) is 15.4 Å². The molecule has 9 nitrogen and oxygen atoms in total. The van der Waals surface area contributed by atoms with Crippen LogP contribution in [0.15, 0.2) is 42.5 Å². The second-order valence-corrected chi connectivity index (χ2v) is 11.9. The summed E-state index contributed by atoms with van der Waals surface area (Å²) in [5.41, 5.74) is 1.34. The van der Waals surface area contributed by atoms with E-state index in [4.69, 9.17) is 19.2 Å². The molecule has 0 unspecified atom stereocenters. The summed E-state index contributed by atoms with van der Waals surface area (Å²) >= 11 is 0. The number of likely N-dealkylation sites (tertiary alicyclic amines) is 1. The third-order valence-corrected chi connectivity index (χ3v) is 5.97. The SMILES string of the molecule is Cc1cc(C[C@@H]2CN(C(=O)OC(C)(C)C)C[C@@H]2OCC=O)nc(N(Cc2ccccc2)C(=O)OC(C)(C)C)c1. The Bertz CT molecular complexity index is 1140. The first-order valence-electron chi connectivity index (χ1n) is 13.3. The molecular formula is C30H41N3O6. The van der Waals surface area contributed by atoms with Crippen molar-refractivity contribution in [2.45, 2.75) is 78.7 Å². The Morgan fingerprint density at radius 1 is 1.03 bits per heavy atom. The molecule has 2 aromatic rings. The molecule has 0 aliphatic carbocycles. The standard InChI is InChI=1S/C30H41N3O6/c1-21-15-24(17-23-19-32(20-25(23)37-14-13-34)27(35)38-29(2,3)4)31-26(16-21)33(28(36)39-30(5,6)7)18-22-11-9-8-10-12-22/h8-13,15-16,23,25H,14,17-20H2,1-7H3/t23-,25+/m1/s1. The van der Waals surface area contributed by atoms with E-state index >= 15 is 0 Å². The summed E-state index contributed by atoms with van der Waals surface area (Å²) in [6.07, 6.45) is -0.0513. The van der Waals surface area contributed by atoms with E-state index in [2.05, 4.69) is 0 Å². The molecule has 0 radical (unpaired) electrons. The van der Waals surface area contributed by atoms with Gasteiger partial charge in [0.1, 0.15) is 29.9 Å². The summed E-state index contributed by atoms with van der Waals surface area (Å²) in [6, 6.07) is 13.5. The number of carbonyl (C=O) groups is 3. The molecule has 3 rings (SSSR count). The van der Waals surface area contributed by atoms with Gasteiger partial charge in [0.25, 0.3) is 0 Å². The Morgan fingerprint density at radius 2 is 1.69 bits per heavy atom. The summed E-state index contributed by atoms with van der Waals surface area (Å²) < 4.78 is 17.1. The molecule has 0 saturated carbocycles. The lowest BCUT2D eigenvalue weighted by atomic mass is 9.98. The molecule has 0 spiro atoms. The smallest absolute Gasteiger partial charge is 0.416 e. The van der Waals surface area contributed by atoms with Crippen LogP contribution < -0.4 is 4.90 Å². The van der Waals surface area contributed by atoms with Crippen molar-refractivity contribution in [2.75, 3.05) is 24.6 Å². The van der Waals surface area contributed by atoms with Crippen LogP contribution in [0.1, 0.15) is 58.4 Å². The topological polar surface area (TPSA) is 98.3 Å². The van der Waals surface area contributed by atoms with Gasteiger partial charge < -0.3 is 23.9 Å². The number of pyridine rings is 1. The number of benzene rings is 1. The zero-order valence-electron chi connectivity index (χ0n) is 24.1. The number of rotatable bonds is 8. The number of aldehydes is 1. The second-order valence-electron chi connectivity index (χ2n) is 11.9. The average molecular weight is 540 g/mol. The lowest BCUT2D eigenvalue weighted by Gasteiger charge is -2.27. The van der Waals surface area contributed by atoms with E-state index in [0.29, 0.717) is 38.2 Å². The van der Waals surface area contributed by atoms with Crippen LogP contribution >= 0.6 is 0 Å². The molecule has 1 aliphatic rings. The number of ether oxygens (including phenoxy) is 3. The van der Waals surface area contributed by atoms with Crippen LogP contribution in [0.3, 0.4) is 0 Å². The minimum Gasteiger partial charge on any atom is -0.444 e. The number of aromatic nitrogens is 1. The molecule has 0 N–H and O–H groups in total. The maximum Gasteiger partial charge on any atom is 0.416 e. The number of carbonyl (C=O) groups excluding carboxylic acids is 3. The highest BCUT2D eigenvalue weighted by molar-refractivity contribution is 5.86. The molecule has 212 valence electrons. The van der Waals surface area contributed by atoms with Crippen molar-refractivity contribution in [3.05, 3.63) is 59.3 Å². The number of anilines is 1. The highest BCUT2D eigenvalue weighted by Gasteiger charge is 2.38. The zero-order chi connectivity index (χ0) is 28.8. The number of amides is 2. The summed E-state index contributed by atoms with van der Waals surface area (Å²) in [4.78, 5) is 45.1. The quantitative estimate of drug-likeness (QED) is 0.419. The van der Waals surface area contributed by atoms with Crippen molar-refractivity contribution in [2.24, 2.45) is 5.92 Å². The molecule has 39 heavy (non-hydrogen) atoms. The highest BCUT2D eigenvalue weighted by atomic mass is 16.6. The van der Waals surface area contributed by atoms with E-state index in [1.807, 2.05) is 90.9 Å². The van der Waals surface area contributed by atoms with Crippen molar-refractivity contribution in [3.63, 3.8) is 0 Å². The van der Waals surface area contributed by atoms with Gasteiger partial charge in [0, 0.05) is 18.2 Å². The van der Waals surface area contributed by atoms with Crippen LogP contribution in [-0.2, 0) is 32.0 Å². The Balaban J connectivity index is 1.88. The van der Waals surface area contributed by atoms with Crippen molar-refractivity contribution >= 4 is 24.3 Å². The predicted octanol–water partition coefficient (Wildman–Crippen LogP) is 5.33. The fraction of sp³-hybridized carbons (Fsp3) is 0.533. The van der Waals surface area contributed by atoms with Gasteiger partial charge in [0.2, 0.25) is 0 Å². The van der Waals surface area contributed by atoms with Gasteiger partial charge in [-0.2, -0.15) is 0 Å². The molecule has 1 fully saturated rings. The fourth-order valence-electron chi connectivity index (χ4n) is 4.42. The van der Waals surface area contributed by atoms with Crippen molar-refractivity contribution in [3.8, 4) is 0 Å². The van der Waals surface area contributed by atoms with Crippen LogP contribution in [-0.4, -0.2) is 65.4 Å². The van der Waals surface area contributed by atoms with Crippen LogP contribution in [0, 0.1) is 12.8 Å². The molecule has 1 aromatic heterocycles. The van der Waals surface area contributed by atoms with E-state index in [-0.39, 0.29) is 18.6 Å². The number of hydrogen-bond donors (Lipinski definition) is 0. The largest absolute Gasteiger partial charge is 0.444 e. The molecule has 0 bridgehead atoms. The number of nitrogens with zero attached hydrogens (tertiary/aromatic N) is 3. The van der Waals surface area contributed by atoms with Crippen LogP contribution in [0.2, 0.25) is 0 Å². The Hall–Kier alpha value is -3.46. The van der Waals surface area contributed by atoms with E-state index in [9.17, 15) is 14.4 Å². The molecule has 2 amide bonds. The van der Waals surface area contributed by atoms with Gasteiger partial charge in [-0.1, -0.05) is 30.3 Å². The summed E-state index contributed by atoms with van der Waals surface area (Å²) in [5.74, 6) is 0.374. The van der Waals surface area contributed by atoms with Crippen LogP contribution in [0.25, 0.3) is 0 Å². The maximum absolute atomic E-state index is 13.3. The molecular weight excluding hydrogens is 498 g/mol. The first-order valence-corrected chi connectivity index (χ1v) is 13.3. The number of hydrogen-bond acceptors (Lipinski definition) is 7. The zero-order valence-corrected chi connectivity index (χ0v) is 24.1. The second kappa shape index (κ2) is 12.6. The summed E-state index contributed by atoms with van der Waals surface area (Å²) in [5, 5.41) is 0. The fourth-order valence-corrected chi connectivity index (χ4v) is 4.42. The first kappa shape index (κ1) is 30.1. The van der Waals surface area contributed by atoms with Gasteiger partial charge in [-0.3, -0.25) is 4.90 Å². The van der Waals surface area contributed by atoms with Crippen LogP contribution in [0.5, 0.6) is 0 Å². The minimum absolute atomic E-state index is 0.0562. The molecule has 1 aromatic carbocycles. The molecule has 9 heteroatoms. The average Bonchev–Trinajstić information content (AvgIpc) is 3.22. The van der Waals surface area contributed by atoms with Gasteiger partial charge in [0.15, 0.2) is 0 Å². The lowest BCUT2D eigenvalue weighted by molar-refractivity contribution is -0.114. The summed E-state index contributed by atoms with van der Waals surface area (Å²) in [6.45, 7) is 13.9. The van der Waals surface area contributed by atoms with Crippen molar-refractivity contribution < 1.29 is 28.6 Å². The molecule has 2 heterocycles. The van der Waals surface area contributed by atoms with Crippen molar-refractivity contribution in [1.82, 2.24) is 9.88 Å². The number of aryl methyl sites for hydroxylation is 1. The predicted molar refractivity (Wildman–Crippen MR) is 149 cm³/mol. The first-order chi connectivity index (χ1) is 18.2. The molecule has 1 aliphatic heterocycles. The van der Waals surface area contributed by atoms with Gasteiger partial charge in [-0.25, -0.2) is 14.6 Å². The summed E-state index contributed by atoms with van der Waals surface area (Å²) in [7, 11) is 0. The third-order valence-electron chi connectivity index (χ3n) is 5.97. The van der Waals surface area contributed by atoms with E-state index in [0.717, 1.165) is 16.8 Å². The lowest BCUT2D eigenvalue weighted by Crippen LogP contribution is -2.37. The maximum atomic E-state index is 13.3. The normalized spacial score (nSPS) is 17.6. The van der Waals surface area contributed by atoms with E-state index in [1.165, 1.54) is 0 Å². The molecule has 1 saturated heterocycles. The third kappa shape index (κ3) is 9.35. The van der Waals surface area contributed by atoms with Gasteiger partial charge >= 0.3 is 12.2 Å². The minimum atomic E-state index is -0.670. The van der Waals surface area contributed by atoms with Crippen molar-refractivity contribution in [1.29, 1.82) is 0 Å².